The molecule has 4 nitrogen and oxygen atoms in total. The number of anilines is 1. The Labute approximate surface area is 208 Å². The molecule has 0 heterocycles. The second-order valence-corrected chi connectivity index (χ2v) is 9.43. The lowest BCUT2D eigenvalue weighted by atomic mass is 10.0. The second kappa shape index (κ2) is 15.1. The minimum atomic E-state index is -0.715. The van der Waals surface area contributed by atoms with E-state index in [9.17, 15) is 9.90 Å². The number of unbranched alkanes of at least 4 members (excludes halogenated alkanes) is 10. The number of halogens is 2. The maximum absolute atomic E-state index is 12.3. The number of aromatic hydroxyl groups is 1. The molecule has 2 aromatic carbocycles. The van der Waals surface area contributed by atoms with E-state index in [1.165, 1.54) is 70.3 Å². The number of hydrogen-bond acceptors (Lipinski definition) is 3. The summed E-state index contributed by atoms with van der Waals surface area (Å²) in [5.41, 5.74) is 1.79. The zero-order valence-electron chi connectivity index (χ0n) is 19.9. The van der Waals surface area contributed by atoms with Gasteiger partial charge in [-0.05, 0) is 49.1 Å². The van der Waals surface area contributed by atoms with Gasteiger partial charge >= 0.3 is 6.09 Å². The Hall–Kier alpha value is -1.91. The van der Waals surface area contributed by atoms with E-state index >= 15 is 0 Å². The van der Waals surface area contributed by atoms with Crippen LogP contribution in [0.1, 0.15) is 88.7 Å². The van der Waals surface area contributed by atoms with E-state index in [0.717, 1.165) is 18.4 Å². The average molecular weight is 495 g/mol. The Bertz CT molecular complexity index is 886. The van der Waals surface area contributed by atoms with Gasteiger partial charge in [0.1, 0.15) is 5.75 Å². The Morgan fingerprint density at radius 1 is 0.939 bits per heavy atom. The highest BCUT2D eigenvalue weighted by Gasteiger charge is 2.15. The third-order valence-corrected chi connectivity index (χ3v) is 6.69. The number of nitrogens with one attached hydrogen (secondary N) is 1. The van der Waals surface area contributed by atoms with Crippen LogP contribution in [0.15, 0.2) is 30.3 Å². The molecule has 0 radical (unpaired) electrons. The number of benzene rings is 2. The summed E-state index contributed by atoms with van der Waals surface area (Å²) in [5.74, 6) is 0.220. The maximum Gasteiger partial charge on any atom is 0.417 e. The topological polar surface area (TPSA) is 58.6 Å². The van der Waals surface area contributed by atoms with E-state index in [-0.39, 0.29) is 16.5 Å². The Balaban J connectivity index is 1.69. The molecule has 0 fully saturated rings. The molecule has 0 saturated carbocycles. The molecule has 0 unspecified atom stereocenters. The van der Waals surface area contributed by atoms with Gasteiger partial charge in [-0.1, -0.05) is 106 Å². The van der Waals surface area contributed by atoms with Crippen LogP contribution in [0.2, 0.25) is 10.0 Å². The summed E-state index contributed by atoms with van der Waals surface area (Å²) in [4.78, 5) is 12.3. The lowest BCUT2D eigenvalue weighted by Gasteiger charge is -2.12. The maximum atomic E-state index is 12.3. The number of phenols is 1. The van der Waals surface area contributed by atoms with E-state index in [2.05, 4.69) is 12.2 Å². The highest BCUT2D eigenvalue weighted by molar-refractivity contribution is 6.37. The van der Waals surface area contributed by atoms with Gasteiger partial charge in [0.15, 0.2) is 5.75 Å². The van der Waals surface area contributed by atoms with Gasteiger partial charge in [-0.3, -0.25) is 5.32 Å². The molecule has 0 aliphatic rings. The summed E-state index contributed by atoms with van der Waals surface area (Å²) in [6.45, 7) is 3.94. The number of carbonyl (C=O) groups excluding carboxylic acids is 1. The lowest BCUT2D eigenvalue weighted by Crippen LogP contribution is -2.17. The van der Waals surface area contributed by atoms with Crippen molar-refractivity contribution in [2.24, 2.45) is 0 Å². The molecule has 0 aromatic heterocycles. The zero-order chi connectivity index (χ0) is 24.1. The molecule has 0 aliphatic carbocycles. The predicted molar refractivity (Wildman–Crippen MR) is 139 cm³/mol. The van der Waals surface area contributed by atoms with Crippen molar-refractivity contribution in [1.82, 2.24) is 0 Å². The van der Waals surface area contributed by atoms with Gasteiger partial charge in [0.25, 0.3) is 0 Å². The molecule has 2 aromatic rings. The fourth-order valence-corrected chi connectivity index (χ4v) is 4.26. The van der Waals surface area contributed by atoms with Gasteiger partial charge in [0, 0.05) is 5.02 Å². The third kappa shape index (κ3) is 9.85. The van der Waals surface area contributed by atoms with Crippen molar-refractivity contribution < 1.29 is 14.6 Å². The largest absolute Gasteiger partial charge is 0.504 e. The summed E-state index contributed by atoms with van der Waals surface area (Å²) in [6, 6.07) is 8.99. The molecule has 0 bridgehead atoms. The van der Waals surface area contributed by atoms with Gasteiger partial charge in [0.05, 0.1) is 10.7 Å². The van der Waals surface area contributed by atoms with E-state index < -0.39 is 6.09 Å². The Morgan fingerprint density at radius 2 is 1.55 bits per heavy atom. The van der Waals surface area contributed by atoms with Gasteiger partial charge in [-0.15, -0.1) is 0 Å². The van der Waals surface area contributed by atoms with E-state index in [0.29, 0.717) is 16.3 Å². The van der Waals surface area contributed by atoms with Crippen LogP contribution in [0, 0.1) is 6.92 Å². The molecule has 2 rings (SSSR count). The molecule has 2 N–H and O–H groups in total. The lowest BCUT2D eigenvalue weighted by molar-refractivity contribution is 0.215. The van der Waals surface area contributed by atoms with Gasteiger partial charge in [-0.25, -0.2) is 4.79 Å². The monoisotopic (exact) mass is 493 g/mol. The quantitative estimate of drug-likeness (QED) is 0.203. The number of phenolic OH excluding ortho intramolecular Hbond substituents is 1. The first-order valence-electron chi connectivity index (χ1n) is 12.2. The summed E-state index contributed by atoms with van der Waals surface area (Å²) < 4.78 is 5.38. The van der Waals surface area contributed by atoms with Crippen LogP contribution in [0.25, 0.3) is 0 Å². The van der Waals surface area contributed by atoms with Crippen molar-refractivity contribution in [3.63, 3.8) is 0 Å². The van der Waals surface area contributed by atoms with Crippen LogP contribution in [0.4, 0.5) is 10.5 Å². The van der Waals surface area contributed by atoms with Crippen LogP contribution in [0.3, 0.4) is 0 Å². The fourth-order valence-electron chi connectivity index (χ4n) is 3.80. The van der Waals surface area contributed by atoms with E-state index in [1.807, 2.05) is 18.2 Å². The smallest absolute Gasteiger partial charge is 0.417 e. The number of hydrogen-bond donors (Lipinski definition) is 2. The van der Waals surface area contributed by atoms with Crippen molar-refractivity contribution in [2.45, 2.75) is 90.9 Å². The summed E-state index contributed by atoms with van der Waals surface area (Å²) >= 11 is 12.1. The number of aryl methyl sites for hydroxylation is 1. The summed E-state index contributed by atoms with van der Waals surface area (Å²) in [7, 11) is 0. The molecule has 33 heavy (non-hydrogen) atoms. The zero-order valence-corrected chi connectivity index (χ0v) is 21.4. The SMILES string of the molecule is CCCCCCCCCCCCCc1cccc(OC(=O)Nc2cc(Cl)c(C)c(Cl)c2O)c1. The summed E-state index contributed by atoms with van der Waals surface area (Å²) in [5, 5.41) is 13.1. The predicted octanol–water partition coefficient (Wildman–Crippen LogP) is 9.47. The van der Waals surface area contributed by atoms with Crippen molar-refractivity contribution in [1.29, 1.82) is 0 Å². The first kappa shape index (κ1) is 27.3. The number of ether oxygens (including phenoxy) is 1. The molecule has 6 heteroatoms. The van der Waals surface area contributed by atoms with Crippen LogP contribution >= 0.6 is 23.2 Å². The normalized spacial score (nSPS) is 10.9. The van der Waals surface area contributed by atoms with Gasteiger partial charge in [0.2, 0.25) is 0 Å². The van der Waals surface area contributed by atoms with E-state index in [4.69, 9.17) is 27.9 Å². The number of amides is 1. The van der Waals surface area contributed by atoms with Crippen molar-refractivity contribution in [2.75, 3.05) is 5.32 Å². The van der Waals surface area contributed by atoms with Gasteiger partial charge < -0.3 is 9.84 Å². The summed E-state index contributed by atoms with van der Waals surface area (Å²) in [6.07, 6.45) is 14.7. The standard InChI is InChI=1S/C27H37Cl2NO3/c1-3-4-5-6-7-8-9-10-11-12-13-15-21-16-14-17-22(18-21)33-27(32)30-24-19-23(28)20(2)25(29)26(24)31/h14,16-19,31H,3-13,15H2,1-2H3,(H,30,32). The number of rotatable bonds is 14. The van der Waals surface area contributed by atoms with E-state index in [1.54, 1.807) is 13.0 Å². The van der Waals surface area contributed by atoms with Crippen LogP contribution in [-0.2, 0) is 6.42 Å². The molecular weight excluding hydrogens is 457 g/mol. The Morgan fingerprint density at radius 3 is 2.18 bits per heavy atom. The second-order valence-electron chi connectivity index (χ2n) is 8.64. The van der Waals surface area contributed by atoms with Crippen molar-refractivity contribution >= 4 is 35.0 Å². The third-order valence-electron chi connectivity index (χ3n) is 5.84. The average Bonchev–Trinajstić information content (AvgIpc) is 2.80. The first-order chi connectivity index (χ1) is 15.9. The van der Waals surface area contributed by atoms with Crippen LogP contribution < -0.4 is 10.1 Å². The fraction of sp³-hybridized carbons (Fsp3) is 0.519. The molecule has 182 valence electrons. The minimum Gasteiger partial charge on any atom is -0.504 e. The molecule has 0 atom stereocenters. The molecule has 0 aliphatic heterocycles. The Kier molecular flexibility index (Phi) is 12.5. The highest BCUT2D eigenvalue weighted by Crippen LogP contribution is 2.38. The first-order valence-corrected chi connectivity index (χ1v) is 12.9. The molecule has 0 saturated heterocycles. The highest BCUT2D eigenvalue weighted by atomic mass is 35.5. The van der Waals surface area contributed by atoms with Crippen molar-refractivity contribution in [3.8, 4) is 11.5 Å². The van der Waals surface area contributed by atoms with Gasteiger partial charge in [-0.2, -0.15) is 0 Å². The number of carbonyl (C=O) groups is 1. The molecule has 0 spiro atoms. The van der Waals surface area contributed by atoms with Crippen molar-refractivity contribution in [3.05, 3.63) is 51.5 Å². The molecular formula is C27H37Cl2NO3. The van der Waals surface area contributed by atoms with Crippen LogP contribution in [-0.4, -0.2) is 11.2 Å². The van der Waals surface area contributed by atoms with Crippen LogP contribution in [0.5, 0.6) is 11.5 Å². The minimum absolute atomic E-state index is 0.103. The molecule has 1 amide bonds.